The van der Waals surface area contributed by atoms with Crippen LogP contribution < -0.4 is 5.32 Å². The zero-order chi connectivity index (χ0) is 16.8. The minimum Gasteiger partial charge on any atom is -0.463 e. The summed E-state index contributed by atoms with van der Waals surface area (Å²) in [6.07, 6.45) is 2.77. The minimum atomic E-state index is -0.477. The summed E-state index contributed by atoms with van der Waals surface area (Å²) in [6.45, 7) is 3.56. The summed E-state index contributed by atoms with van der Waals surface area (Å²) < 4.78 is 4.87. The van der Waals surface area contributed by atoms with Gasteiger partial charge in [0, 0.05) is 36.8 Å². The summed E-state index contributed by atoms with van der Waals surface area (Å²) in [5.74, 6) is 0.0409. The van der Waals surface area contributed by atoms with E-state index in [4.69, 9.17) is 16.3 Å². The molecule has 1 aromatic carbocycles. The van der Waals surface area contributed by atoms with E-state index in [1.807, 2.05) is 11.9 Å². The van der Waals surface area contributed by atoms with E-state index in [0.29, 0.717) is 28.6 Å². The van der Waals surface area contributed by atoms with Crippen LogP contribution in [-0.4, -0.2) is 43.4 Å². The molecule has 1 fully saturated rings. The zero-order valence-electron chi connectivity index (χ0n) is 13.1. The number of nitrogens with one attached hydrogen (secondary N) is 1. The second-order valence-electron chi connectivity index (χ2n) is 5.03. The lowest BCUT2D eigenvalue weighted by atomic mass is 10.0. The summed E-state index contributed by atoms with van der Waals surface area (Å²) in [5, 5.41) is 3.74. The molecule has 6 heteroatoms. The molecule has 0 bridgehead atoms. The fourth-order valence-corrected chi connectivity index (χ4v) is 2.38. The normalized spacial score (nSPS) is 16.4. The molecule has 0 aromatic heterocycles. The number of carbonyl (C=O) groups excluding carboxylic acids is 2. The van der Waals surface area contributed by atoms with Crippen LogP contribution in [0.5, 0.6) is 0 Å². The molecule has 0 spiro atoms. The van der Waals surface area contributed by atoms with Crippen LogP contribution in [0.25, 0.3) is 0 Å². The van der Waals surface area contributed by atoms with Gasteiger partial charge in [0.1, 0.15) is 5.82 Å². The van der Waals surface area contributed by atoms with Gasteiger partial charge in [0.05, 0.1) is 12.2 Å². The van der Waals surface area contributed by atoms with Gasteiger partial charge in [-0.05, 0) is 37.3 Å². The number of ether oxygens (including phenoxy) is 1. The van der Waals surface area contributed by atoms with Gasteiger partial charge in [-0.1, -0.05) is 11.6 Å². The molecular weight excluding hydrogens is 316 g/mol. The van der Waals surface area contributed by atoms with Crippen molar-refractivity contribution in [3.63, 3.8) is 0 Å². The van der Waals surface area contributed by atoms with Crippen molar-refractivity contribution in [3.8, 4) is 0 Å². The van der Waals surface area contributed by atoms with Crippen molar-refractivity contribution in [1.82, 2.24) is 10.2 Å². The van der Waals surface area contributed by atoms with Crippen molar-refractivity contribution < 1.29 is 14.3 Å². The molecule has 0 saturated carbocycles. The van der Waals surface area contributed by atoms with Crippen molar-refractivity contribution in [2.45, 2.75) is 6.92 Å². The molecule has 2 rings (SSSR count). The summed E-state index contributed by atoms with van der Waals surface area (Å²) in [5.41, 5.74) is 0.924. The van der Waals surface area contributed by atoms with E-state index >= 15 is 0 Å². The standard InChI is InChI=1S/C17H19ClN2O3/c1-3-23-15(21)9-8-14(17-19-10-11-20(17)2)16(22)12-4-6-13(18)7-5-12/h4-9,19H,3,10-11H2,1-2H3/b9-8-,17-14+. The summed E-state index contributed by atoms with van der Waals surface area (Å²) in [4.78, 5) is 26.3. The molecular formula is C17H19ClN2O3. The summed E-state index contributed by atoms with van der Waals surface area (Å²) in [6, 6.07) is 6.66. The number of Topliss-reactive ketones (excluding diaryl/α,β-unsaturated/α-hetero) is 1. The molecule has 1 saturated heterocycles. The Bertz CT molecular complexity index is 650. The highest BCUT2D eigenvalue weighted by Gasteiger charge is 2.21. The van der Waals surface area contributed by atoms with Crippen LogP contribution >= 0.6 is 11.6 Å². The maximum absolute atomic E-state index is 12.8. The Morgan fingerprint density at radius 3 is 2.57 bits per heavy atom. The SMILES string of the molecule is CCOC(=O)/C=C\C(C(=O)c1ccc(Cl)cc1)=C1\NCCN1C. The number of nitrogens with zero attached hydrogens (tertiary/aromatic N) is 1. The van der Waals surface area contributed by atoms with E-state index in [9.17, 15) is 9.59 Å². The number of carbonyl (C=O) groups is 2. The molecule has 1 aromatic rings. The highest BCUT2D eigenvalue weighted by atomic mass is 35.5. The number of allylic oxidation sites excluding steroid dienone is 2. The van der Waals surface area contributed by atoms with Crippen LogP contribution in [0.15, 0.2) is 47.8 Å². The maximum atomic E-state index is 12.8. The molecule has 0 amide bonds. The number of hydrogen-bond acceptors (Lipinski definition) is 5. The van der Waals surface area contributed by atoms with Gasteiger partial charge in [0.25, 0.3) is 0 Å². The van der Waals surface area contributed by atoms with Gasteiger partial charge in [-0.15, -0.1) is 0 Å². The summed E-state index contributed by atoms with van der Waals surface area (Å²) in [7, 11) is 1.89. The fourth-order valence-electron chi connectivity index (χ4n) is 2.25. The predicted molar refractivity (Wildman–Crippen MR) is 89.2 cm³/mol. The number of ketones is 1. The largest absolute Gasteiger partial charge is 0.463 e. The lowest BCUT2D eigenvalue weighted by molar-refractivity contribution is -0.137. The lowest BCUT2D eigenvalue weighted by Gasteiger charge is -2.15. The third-order valence-electron chi connectivity index (χ3n) is 3.40. The Morgan fingerprint density at radius 1 is 1.30 bits per heavy atom. The van der Waals surface area contributed by atoms with E-state index in [2.05, 4.69) is 5.32 Å². The average molecular weight is 335 g/mol. The fraction of sp³-hybridized carbons (Fsp3) is 0.294. The number of rotatable bonds is 5. The van der Waals surface area contributed by atoms with Crippen LogP contribution in [0.1, 0.15) is 17.3 Å². The minimum absolute atomic E-state index is 0.182. The molecule has 5 nitrogen and oxygen atoms in total. The third kappa shape index (κ3) is 4.36. The number of likely N-dealkylation sites (N-methyl/N-ethyl adjacent to an activating group) is 1. The van der Waals surface area contributed by atoms with Gasteiger partial charge in [-0.3, -0.25) is 4.79 Å². The molecule has 0 atom stereocenters. The Hall–Kier alpha value is -2.27. The van der Waals surface area contributed by atoms with Gasteiger partial charge in [-0.2, -0.15) is 0 Å². The predicted octanol–water partition coefficient (Wildman–Crippen LogP) is 2.39. The van der Waals surface area contributed by atoms with Crippen molar-refractivity contribution in [2.75, 3.05) is 26.7 Å². The van der Waals surface area contributed by atoms with Crippen LogP contribution in [-0.2, 0) is 9.53 Å². The molecule has 1 heterocycles. The van der Waals surface area contributed by atoms with Crippen LogP contribution in [0.2, 0.25) is 5.02 Å². The highest BCUT2D eigenvalue weighted by Crippen LogP contribution is 2.19. The number of esters is 1. The van der Waals surface area contributed by atoms with Crippen LogP contribution in [0, 0.1) is 0 Å². The van der Waals surface area contributed by atoms with Crippen LogP contribution in [0.4, 0.5) is 0 Å². The molecule has 0 radical (unpaired) electrons. The van der Waals surface area contributed by atoms with Gasteiger partial charge in [0.15, 0.2) is 5.78 Å². The van der Waals surface area contributed by atoms with Crippen molar-refractivity contribution in [3.05, 3.63) is 58.4 Å². The van der Waals surface area contributed by atoms with Crippen molar-refractivity contribution in [2.24, 2.45) is 0 Å². The second kappa shape index (κ2) is 7.83. The molecule has 1 N–H and O–H groups in total. The first-order valence-electron chi connectivity index (χ1n) is 7.37. The highest BCUT2D eigenvalue weighted by molar-refractivity contribution is 6.30. The number of halogens is 1. The van der Waals surface area contributed by atoms with Crippen LogP contribution in [0.3, 0.4) is 0 Å². The van der Waals surface area contributed by atoms with E-state index in [-0.39, 0.29) is 5.78 Å². The molecule has 0 unspecified atom stereocenters. The van der Waals surface area contributed by atoms with Crippen molar-refractivity contribution >= 4 is 23.4 Å². The third-order valence-corrected chi connectivity index (χ3v) is 3.65. The quantitative estimate of drug-likeness (QED) is 0.509. The van der Waals surface area contributed by atoms with Gasteiger partial charge in [-0.25, -0.2) is 4.79 Å². The van der Waals surface area contributed by atoms with Crippen molar-refractivity contribution in [1.29, 1.82) is 0 Å². The van der Waals surface area contributed by atoms with E-state index in [1.165, 1.54) is 12.2 Å². The monoisotopic (exact) mass is 334 g/mol. The Labute approximate surface area is 140 Å². The van der Waals surface area contributed by atoms with Gasteiger partial charge < -0.3 is 15.0 Å². The molecule has 1 aliphatic heterocycles. The summed E-state index contributed by atoms with van der Waals surface area (Å²) >= 11 is 5.86. The first kappa shape index (κ1) is 17.1. The Balaban J connectivity index is 2.36. The molecule has 23 heavy (non-hydrogen) atoms. The zero-order valence-corrected chi connectivity index (χ0v) is 13.9. The maximum Gasteiger partial charge on any atom is 0.330 e. The number of benzene rings is 1. The van der Waals surface area contributed by atoms with Gasteiger partial charge >= 0.3 is 5.97 Å². The number of hydrogen-bond donors (Lipinski definition) is 1. The average Bonchev–Trinajstić information content (AvgIpc) is 2.94. The Kier molecular flexibility index (Phi) is 5.82. The second-order valence-corrected chi connectivity index (χ2v) is 5.47. The van der Waals surface area contributed by atoms with E-state index in [0.717, 1.165) is 13.1 Å². The first-order chi connectivity index (χ1) is 11.0. The van der Waals surface area contributed by atoms with Gasteiger partial charge in [0.2, 0.25) is 0 Å². The van der Waals surface area contributed by atoms with E-state index < -0.39 is 5.97 Å². The molecule has 1 aliphatic rings. The Morgan fingerprint density at radius 2 is 2.00 bits per heavy atom. The smallest absolute Gasteiger partial charge is 0.330 e. The molecule has 122 valence electrons. The molecule has 0 aliphatic carbocycles. The topological polar surface area (TPSA) is 58.6 Å². The lowest BCUT2D eigenvalue weighted by Crippen LogP contribution is -2.20. The van der Waals surface area contributed by atoms with E-state index in [1.54, 1.807) is 31.2 Å². The first-order valence-corrected chi connectivity index (χ1v) is 7.75.